The second-order valence-corrected chi connectivity index (χ2v) is 5.06. The second-order valence-electron chi connectivity index (χ2n) is 5.06. The van der Waals surface area contributed by atoms with E-state index in [0.717, 1.165) is 40.1 Å². The summed E-state index contributed by atoms with van der Waals surface area (Å²) in [6.45, 7) is 5.77. The van der Waals surface area contributed by atoms with Crippen molar-refractivity contribution in [3.8, 4) is 11.3 Å². The first-order chi connectivity index (χ1) is 11.3. The van der Waals surface area contributed by atoms with E-state index in [0.29, 0.717) is 0 Å². The van der Waals surface area contributed by atoms with Gasteiger partial charge < -0.3 is 0 Å². The van der Waals surface area contributed by atoms with Gasteiger partial charge in [0, 0.05) is 5.56 Å². The van der Waals surface area contributed by atoms with Crippen LogP contribution < -0.4 is 0 Å². The average molecular weight is 302 g/mol. The maximum absolute atomic E-state index is 4.73. The van der Waals surface area contributed by atoms with E-state index in [2.05, 4.69) is 28.7 Å². The number of aromatic nitrogens is 4. The molecular weight excluding hydrogens is 284 g/mol. The molecule has 0 aliphatic carbocycles. The maximum atomic E-state index is 4.73. The van der Waals surface area contributed by atoms with Gasteiger partial charge in [0.1, 0.15) is 16.7 Å². The molecule has 1 aromatic carbocycles. The van der Waals surface area contributed by atoms with Crippen molar-refractivity contribution in [2.75, 3.05) is 0 Å². The lowest BCUT2D eigenvalue weighted by Crippen LogP contribution is -1.94. The van der Waals surface area contributed by atoms with Crippen molar-refractivity contribution < 1.29 is 0 Å². The molecule has 0 saturated carbocycles. The Bertz CT molecular complexity index is 873. The molecule has 4 heteroatoms. The van der Waals surface area contributed by atoms with Crippen LogP contribution in [0.3, 0.4) is 0 Å². The van der Waals surface area contributed by atoms with E-state index in [1.807, 2.05) is 48.6 Å². The monoisotopic (exact) mass is 302 g/mol. The van der Waals surface area contributed by atoms with E-state index in [4.69, 9.17) is 4.98 Å². The molecule has 3 aromatic rings. The number of H-pyrrole nitrogens is 1. The van der Waals surface area contributed by atoms with Gasteiger partial charge in [-0.25, -0.2) is 9.97 Å². The fourth-order valence-electron chi connectivity index (χ4n) is 2.37. The van der Waals surface area contributed by atoms with Gasteiger partial charge in [0.2, 0.25) is 0 Å². The molecule has 0 fully saturated rings. The number of fused-ring (bicyclic) bond motifs is 1. The van der Waals surface area contributed by atoms with Gasteiger partial charge in [0.05, 0.1) is 6.20 Å². The standard InChI is InChI=1S/C19H18N4/c1-3-5-7-10-14(4-2)19-20-13-16-18(21-19)17(23-22-16)15-11-8-6-9-12-15/h3,5-13H,1,4H2,2H3,(H,22,23)/b7-5-,14-10+. The second kappa shape index (κ2) is 6.83. The molecule has 0 aliphatic rings. The number of rotatable bonds is 5. The molecule has 0 spiro atoms. The van der Waals surface area contributed by atoms with Crippen molar-refractivity contribution in [2.24, 2.45) is 0 Å². The van der Waals surface area contributed by atoms with Crippen molar-refractivity contribution in [3.63, 3.8) is 0 Å². The SMILES string of the molecule is C=C/C=C\C=C(/CC)c1ncc2[nH]nc(-c3ccccc3)c2n1. The molecule has 2 aromatic heterocycles. The van der Waals surface area contributed by atoms with E-state index in [-0.39, 0.29) is 0 Å². The number of allylic oxidation sites excluding steroid dienone is 5. The summed E-state index contributed by atoms with van der Waals surface area (Å²) < 4.78 is 0. The Kier molecular flexibility index (Phi) is 4.43. The first kappa shape index (κ1) is 14.9. The topological polar surface area (TPSA) is 54.5 Å². The third kappa shape index (κ3) is 3.11. The van der Waals surface area contributed by atoms with Crippen LogP contribution in [0.25, 0.3) is 27.9 Å². The van der Waals surface area contributed by atoms with Crippen LogP contribution in [0.15, 0.2) is 67.4 Å². The molecule has 0 amide bonds. The summed E-state index contributed by atoms with van der Waals surface area (Å²) in [4.78, 5) is 9.18. The Balaban J connectivity index is 2.09. The normalized spacial score (nSPS) is 12.1. The van der Waals surface area contributed by atoms with Gasteiger partial charge in [0.25, 0.3) is 0 Å². The Morgan fingerprint density at radius 1 is 1.22 bits per heavy atom. The predicted molar refractivity (Wildman–Crippen MR) is 94.7 cm³/mol. The van der Waals surface area contributed by atoms with Crippen LogP contribution in [0.1, 0.15) is 19.2 Å². The number of aromatic amines is 1. The first-order valence-electron chi connectivity index (χ1n) is 7.58. The summed E-state index contributed by atoms with van der Waals surface area (Å²) in [6, 6.07) is 10.0. The fraction of sp³-hybridized carbons (Fsp3) is 0.105. The Hall–Kier alpha value is -3.01. The predicted octanol–water partition coefficient (Wildman–Crippen LogP) is 4.56. The third-order valence-electron chi connectivity index (χ3n) is 3.56. The van der Waals surface area contributed by atoms with Gasteiger partial charge in [-0.2, -0.15) is 5.10 Å². The Morgan fingerprint density at radius 3 is 2.78 bits per heavy atom. The molecule has 0 unspecified atom stereocenters. The van der Waals surface area contributed by atoms with Gasteiger partial charge in [-0.05, 0) is 12.0 Å². The zero-order chi connectivity index (χ0) is 16.1. The summed E-state index contributed by atoms with van der Waals surface area (Å²) in [5.41, 5.74) is 4.64. The molecule has 2 heterocycles. The molecule has 4 nitrogen and oxygen atoms in total. The molecule has 0 saturated heterocycles. The van der Waals surface area contributed by atoms with Crippen LogP contribution in [-0.2, 0) is 0 Å². The van der Waals surface area contributed by atoms with E-state index in [9.17, 15) is 0 Å². The minimum absolute atomic E-state index is 0.729. The van der Waals surface area contributed by atoms with Crippen molar-refractivity contribution in [1.82, 2.24) is 20.2 Å². The van der Waals surface area contributed by atoms with Gasteiger partial charge >= 0.3 is 0 Å². The van der Waals surface area contributed by atoms with Crippen LogP contribution in [0.4, 0.5) is 0 Å². The zero-order valence-electron chi connectivity index (χ0n) is 13.0. The highest BCUT2D eigenvalue weighted by atomic mass is 15.1. The summed E-state index contributed by atoms with van der Waals surface area (Å²) in [6.07, 6.45) is 10.3. The summed E-state index contributed by atoms with van der Waals surface area (Å²) in [7, 11) is 0. The van der Waals surface area contributed by atoms with Crippen molar-refractivity contribution in [2.45, 2.75) is 13.3 Å². The quantitative estimate of drug-likeness (QED) is 0.703. The molecule has 1 N–H and O–H groups in total. The number of benzene rings is 1. The third-order valence-corrected chi connectivity index (χ3v) is 3.56. The van der Waals surface area contributed by atoms with Crippen molar-refractivity contribution in [3.05, 3.63) is 73.2 Å². The van der Waals surface area contributed by atoms with Crippen LogP contribution in [0, 0.1) is 0 Å². The first-order valence-corrected chi connectivity index (χ1v) is 7.58. The smallest absolute Gasteiger partial charge is 0.155 e. The van der Waals surface area contributed by atoms with E-state index < -0.39 is 0 Å². The largest absolute Gasteiger partial charge is 0.274 e. The van der Waals surface area contributed by atoms with Gasteiger partial charge in [-0.1, -0.05) is 68.1 Å². The number of hydrogen-bond donors (Lipinski definition) is 1. The number of hydrogen-bond acceptors (Lipinski definition) is 3. The molecule has 3 rings (SSSR count). The van der Waals surface area contributed by atoms with Crippen LogP contribution >= 0.6 is 0 Å². The summed E-state index contributed by atoms with van der Waals surface area (Å²) in [5, 5.41) is 7.39. The zero-order valence-corrected chi connectivity index (χ0v) is 13.0. The maximum Gasteiger partial charge on any atom is 0.155 e. The van der Waals surface area contributed by atoms with Gasteiger partial charge in [-0.3, -0.25) is 5.10 Å². The van der Waals surface area contributed by atoms with Crippen molar-refractivity contribution >= 4 is 16.6 Å². The molecule has 0 radical (unpaired) electrons. The highest BCUT2D eigenvalue weighted by Gasteiger charge is 2.12. The highest BCUT2D eigenvalue weighted by Crippen LogP contribution is 2.25. The summed E-state index contributed by atoms with van der Waals surface area (Å²) in [5.74, 6) is 0.729. The number of nitrogens with zero attached hydrogens (tertiary/aromatic N) is 3. The lowest BCUT2D eigenvalue weighted by molar-refractivity contribution is 1.09. The summed E-state index contributed by atoms with van der Waals surface area (Å²) >= 11 is 0. The van der Waals surface area contributed by atoms with Crippen molar-refractivity contribution in [1.29, 1.82) is 0 Å². The molecule has 0 bridgehead atoms. The van der Waals surface area contributed by atoms with E-state index >= 15 is 0 Å². The molecule has 23 heavy (non-hydrogen) atoms. The van der Waals surface area contributed by atoms with Crippen LogP contribution in [0.2, 0.25) is 0 Å². The van der Waals surface area contributed by atoms with Gasteiger partial charge in [0.15, 0.2) is 5.82 Å². The molecule has 0 atom stereocenters. The molecule has 0 aliphatic heterocycles. The van der Waals surface area contributed by atoms with Crippen LogP contribution in [0.5, 0.6) is 0 Å². The average Bonchev–Trinajstić information content (AvgIpc) is 3.03. The highest BCUT2D eigenvalue weighted by molar-refractivity contribution is 5.89. The fourth-order valence-corrected chi connectivity index (χ4v) is 2.37. The molecule has 114 valence electrons. The van der Waals surface area contributed by atoms with Crippen LogP contribution in [-0.4, -0.2) is 20.2 Å². The number of nitrogens with one attached hydrogen (secondary N) is 1. The lowest BCUT2D eigenvalue weighted by atomic mass is 10.1. The minimum Gasteiger partial charge on any atom is -0.274 e. The van der Waals surface area contributed by atoms with Gasteiger partial charge in [-0.15, -0.1) is 0 Å². The Labute approximate surface area is 135 Å². The minimum atomic E-state index is 0.729. The lowest BCUT2D eigenvalue weighted by Gasteiger charge is -2.03. The molecular formula is C19H18N4. The van der Waals surface area contributed by atoms with E-state index in [1.165, 1.54) is 0 Å². The Morgan fingerprint density at radius 2 is 2.04 bits per heavy atom. The van der Waals surface area contributed by atoms with E-state index in [1.54, 1.807) is 12.3 Å².